The minimum atomic E-state index is -3.83. The zero-order valence-electron chi connectivity index (χ0n) is 8.16. The topological polar surface area (TPSA) is 89.3 Å². The van der Waals surface area contributed by atoms with Crippen molar-refractivity contribution in [1.82, 2.24) is 0 Å². The Hall–Kier alpha value is -1.11. The average Bonchev–Trinajstić information content (AvgIpc) is 2.15. The Bertz CT molecular complexity index is 568. The van der Waals surface area contributed by atoms with Crippen LogP contribution in [-0.2, 0) is 21.2 Å². The van der Waals surface area contributed by atoms with Gasteiger partial charge in [0, 0.05) is 12.1 Å². The molecule has 0 aliphatic carbocycles. The molecular weight excluding hydrogens is 252 g/mol. The van der Waals surface area contributed by atoms with Crippen molar-refractivity contribution in [3.8, 4) is 0 Å². The first-order chi connectivity index (χ1) is 7.39. The molecule has 0 unspecified atom stereocenters. The fraction of sp³-hybridized carbons (Fsp3) is 0.222. The summed E-state index contributed by atoms with van der Waals surface area (Å²) in [6, 6.07) is 2.79. The summed E-state index contributed by atoms with van der Waals surface area (Å²) in [6.07, 6.45) is 0.712. The first-order valence-electron chi connectivity index (χ1n) is 4.53. The molecule has 1 heterocycles. The molecule has 1 aromatic rings. The van der Waals surface area contributed by atoms with Gasteiger partial charge in [0.1, 0.15) is 4.90 Å². The fourth-order valence-electron chi connectivity index (χ4n) is 1.63. The molecule has 7 heteroatoms. The van der Waals surface area contributed by atoms with Gasteiger partial charge in [-0.25, -0.2) is 13.6 Å². The minimum absolute atomic E-state index is 0.0972. The van der Waals surface area contributed by atoms with Gasteiger partial charge in [0.25, 0.3) is 0 Å². The van der Waals surface area contributed by atoms with Crippen LogP contribution in [0.3, 0.4) is 0 Å². The van der Waals surface area contributed by atoms with E-state index in [0.717, 1.165) is 0 Å². The maximum Gasteiger partial charge on any atom is 0.239 e. The lowest BCUT2D eigenvalue weighted by molar-refractivity contribution is -0.116. The molecule has 0 radical (unpaired) electrons. The van der Waals surface area contributed by atoms with Gasteiger partial charge < -0.3 is 5.32 Å². The number of sulfonamides is 1. The predicted octanol–water partition coefficient (Wildman–Crippen LogP) is 0.872. The van der Waals surface area contributed by atoms with Crippen LogP contribution in [0.4, 0.5) is 5.69 Å². The maximum atomic E-state index is 11.2. The van der Waals surface area contributed by atoms with Crippen LogP contribution < -0.4 is 10.5 Å². The largest absolute Gasteiger partial charge is 0.326 e. The molecule has 1 aromatic carbocycles. The van der Waals surface area contributed by atoms with Crippen LogP contribution in [-0.4, -0.2) is 14.3 Å². The maximum absolute atomic E-state index is 11.2. The van der Waals surface area contributed by atoms with Gasteiger partial charge >= 0.3 is 0 Å². The van der Waals surface area contributed by atoms with Gasteiger partial charge in [0.15, 0.2) is 0 Å². The molecular formula is C9H9ClN2O3S. The number of primary sulfonamides is 1. The molecule has 16 heavy (non-hydrogen) atoms. The fourth-order valence-corrected chi connectivity index (χ4v) is 2.84. The predicted molar refractivity (Wildman–Crippen MR) is 59.8 cm³/mol. The number of carbonyl (C=O) groups is 1. The van der Waals surface area contributed by atoms with Crippen molar-refractivity contribution < 1.29 is 13.2 Å². The van der Waals surface area contributed by atoms with Gasteiger partial charge in [0.2, 0.25) is 15.9 Å². The zero-order valence-corrected chi connectivity index (χ0v) is 9.73. The highest BCUT2D eigenvalue weighted by Gasteiger charge is 2.22. The molecule has 1 aliphatic rings. The van der Waals surface area contributed by atoms with E-state index in [-0.39, 0.29) is 15.8 Å². The second kappa shape index (κ2) is 3.73. The minimum Gasteiger partial charge on any atom is -0.326 e. The van der Waals surface area contributed by atoms with Gasteiger partial charge in [-0.1, -0.05) is 11.6 Å². The molecule has 1 aliphatic heterocycles. The van der Waals surface area contributed by atoms with E-state index >= 15 is 0 Å². The standard InChI is InChI=1S/C9H9ClN2O3S/c10-9-5-1-4-8(13)12-6(5)2-3-7(9)16(11,14)15/h2-3H,1,4H2,(H,12,13)(H2,11,14,15). The van der Waals surface area contributed by atoms with E-state index in [9.17, 15) is 13.2 Å². The third kappa shape index (κ3) is 1.91. The number of anilines is 1. The molecule has 0 saturated carbocycles. The van der Waals surface area contributed by atoms with Crippen LogP contribution in [0.25, 0.3) is 0 Å². The lowest BCUT2D eigenvalue weighted by Crippen LogP contribution is -2.21. The summed E-state index contributed by atoms with van der Waals surface area (Å²) in [5, 5.41) is 7.74. The number of benzene rings is 1. The molecule has 5 nitrogen and oxygen atoms in total. The summed E-state index contributed by atoms with van der Waals surface area (Å²) in [5.74, 6) is -0.105. The van der Waals surface area contributed by atoms with Crippen LogP contribution in [0.15, 0.2) is 17.0 Å². The lowest BCUT2D eigenvalue weighted by Gasteiger charge is -2.19. The second-order valence-corrected chi connectivity index (χ2v) is 5.40. The van der Waals surface area contributed by atoms with Crippen molar-refractivity contribution in [2.75, 3.05) is 5.32 Å². The highest BCUT2D eigenvalue weighted by molar-refractivity contribution is 7.89. The van der Waals surface area contributed by atoms with Crippen molar-refractivity contribution in [1.29, 1.82) is 0 Å². The molecule has 0 fully saturated rings. The Morgan fingerprint density at radius 1 is 1.31 bits per heavy atom. The van der Waals surface area contributed by atoms with E-state index in [0.29, 0.717) is 24.1 Å². The Balaban J connectivity index is 2.61. The molecule has 0 bridgehead atoms. The van der Waals surface area contributed by atoms with Crippen LogP contribution in [0.2, 0.25) is 5.02 Å². The number of hydrogen-bond acceptors (Lipinski definition) is 3. The van der Waals surface area contributed by atoms with E-state index in [2.05, 4.69) is 5.32 Å². The Morgan fingerprint density at radius 2 is 2.00 bits per heavy atom. The van der Waals surface area contributed by atoms with Crippen molar-refractivity contribution in [3.05, 3.63) is 22.7 Å². The van der Waals surface area contributed by atoms with Gasteiger partial charge in [-0.05, 0) is 24.1 Å². The van der Waals surface area contributed by atoms with Crippen molar-refractivity contribution in [2.45, 2.75) is 17.7 Å². The van der Waals surface area contributed by atoms with Crippen molar-refractivity contribution in [3.63, 3.8) is 0 Å². The molecule has 0 saturated heterocycles. The van der Waals surface area contributed by atoms with Gasteiger partial charge in [-0.15, -0.1) is 0 Å². The van der Waals surface area contributed by atoms with Gasteiger partial charge in [-0.3, -0.25) is 4.79 Å². The third-order valence-electron chi connectivity index (χ3n) is 2.39. The molecule has 2 rings (SSSR count). The molecule has 0 spiro atoms. The number of amides is 1. The number of carbonyl (C=O) groups excluding carboxylic acids is 1. The Morgan fingerprint density at radius 3 is 2.62 bits per heavy atom. The smallest absolute Gasteiger partial charge is 0.239 e. The van der Waals surface area contributed by atoms with Crippen LogP contribution >= 0.6 is 11.6 Å². The zero-order chi connectivity index (χ0) is 11.9. The number of rotatable bonds is 1. The first-order valence-corrected chi connectivity index (χ1v) is 6.46. The lowest BCUT2D eigenvalue weighted by atomic mass is 10.0. The molecule has 1 amide bonds. The van der Waals surface area contributed by atoms with E-state index < -0.39 is 10.0 Å². The number of fused-ring (bicyclic) bond motifs is 1. The second-order valence-electron chi connectivity index (χ2n) is 3.50. The number of hydrogen-bond donors (Lipinski definition) is 2. The van der Waals surface area contributed by atoms with Gasteiger partial charge in [-0.2, -0.15) is 0 Å². The summed E-state index contributed by atoms with van der Waals surface area (Å²) < 4.78 is 22.4. The highest BCUT2D eigenvalue weighted by Crippen LogP contribution is 2.33. The summed E-state index contributed by atoms with van der Waals surface area (Å²) in [4.78, 5) is 11.0. The normalized spacial score (nSPS) is 15.5. The van der Waals surface area contributed by atoms with Crippen LogP contribution in [0.1, 0.15) is 12.0 Å². The highest BCUT2D eigenvalue weighted by atomic mass is 35.5. The molecule has 0 aromatic heterocycles. The van der Waals surface area contributed by atoms with E-state index in [1.165, 1.54) is 12.1 Å². The van der Waals surface area contributed by atoms with E-state index in [1.54, 1.807) is 0 Å². The van der Waals surface area contributed by atoms with E-state index in [4.69, 9.17) is 16.7 Å². The average molecular weight is 261 g/mol. The molecule has 0 atom stereocenters. The Kier molecular flexibility index (Phi) is 2.65. The van der Waals surface area contributed by atoms with Crippen LogP contribution in [0, 0.1) is 0 Å². The number of nitrogens with one attached hydrogen (secondary N) is 1. The summed E-state index contributed by atoms with van der Waals surface area (Å²) in [5.41, 5.74) is 1.17. The molecule has 86 valence electrons. The third-order valence-corrected chi connectivity index (χ3v) is 3.89. The van der Waals surface area contributed by atoms with E-state index in [1.807, 2.05) is 0 Å². The quantitative estimate of drug-likeness (QED) is 0.785. The van der Waals surface area contributed by atoms with Crippen LogP contribution in [0.5, 0.6) is 0 Å². The summed E-state index contributed by atoms with van der Waals surface area (Å²) >= 11 is 5.95. The number of nitrogens with two attached hydrogens (primary N) is 1. The van der Waals surface area contributed by atoms with Crippen molar-refractivity contribution >= 4 is 33.2 Å². The summed E-state index contributed by atoms with van der Waals surface area (Å²) in [6.45, 7) is 0. The number of halogens is 1. The molecule has 3 N–H and O–H groups in total. The van der Waals surface area contributed by atoms with Crippen molar-refractivity contribution in [2.24, 2.45) is 5.14 Å². The first kappa shape index (κ1) is 11.4. The van der Waals surface area contributed by atoms with Gasteiger partial charge in [0.05, 0.1) is 5.02 Å². The SMILES string of the molecule is NS(=O)(=O)c1ccc2c(c1Cl)CCC(=O)N2. The summed E-state index contributed by atoms with van der Waals surface area (Å²) in [7, 11) is -3.83. The Labute approximate surface area is 97.6 Å². The monoisotopic (exact) mass is 260 g/mol.